The molecule has 0 spiro atoms. The SMILES string of the molecule is Cc1c(Cl)cccc1NC(=O)CCC(=O)NNC(=S)NC(=O)C=Cc1ccccc1. The number of hydrogen-bond donors (Lipinski definition) is 4. The van der Waals surface area contributed by atoms with Crippen molar-refractivity contribution in [2.24, 2.45) is 0 Å². The third-order valence-corrected chi connectivity index (χ3v) is 4.51. The van der Waals surface area contributed by atoms with Crippen molar-refractivity contribution in [3.8, 4) is 0 Å². The molecule has 0 atom stereocenters. The first-order valence-corrected chi connectivity index (χ1v) is 9.81. The number of benzene rings is 2. The normalized spacial score (nSPS) is 10.3. The van der Waals surface area contributed by atoms with Crippen LogP contribution in [-0.4, -0.2) is 22.8 Å². The zero-order valence-electron chi connectivity index (χ0n) is 16.2. The molecule has 4 N–H and O–H groups in total. The van der Waals surface area contributed by atoms with Crippen LogP contribution in [-0.2, 0) is 14.4 Å². The Labute approximate surface area is 184 Å². The molecule has 0 heterocycles. The number of hydrogen-bond acceptors (Lipinski definition) is 4. The predicted molar refractivity (Wildman–Crippen MR) is 122 cm³/mol. The molecule has 0 aliphatic rings. The number of halogens is 1. The van der Waals surface area contributed by atoms with Gasteiger partial charge in [-0.15, -0.1) is 0 Å². The lowest BCUT2D eigenvalue weighted by atomic mass is 10.2. The number of carbonyl (C=O) groups is 3. The number of anilines is 1. The molecule has 30 heavy (non-hydrogen) atoms. The Morgan fingerprint density at radius 1 is 0.967 bits per heavy atom. The van der Waals surface area contributed by atoms with Crippen LogP contribution in [0.25, 0.3) is 6.08 Å². The van der Waals surface area contributed by atoms with Gasteiger partial charge in [-0.25, -0.2) is 0 Å². The van der Waals surface area contributed by atoms with E-state index < -0.39 is 11.8 Å². The number of amides is 3. The second kappa shape index (κ2) is 11.7. The molecule has 2 aromatic rings. The standard InChI is InChI=1S/C21H21ClN4O3S/c1-14-16(22)8-5-9-17(14)23-18(27)12-13-20(29)25-26-21(30)24-19(28)11-10-15-6-3-2-4-7-15/h2-11H,12-13H2,1H3,(H,23,27)(H,25,29)(H2,24,26,28,30). The minimum atomic E-state index is -0.454. The van der Waals surface area contributed by atoms with Gasteiger partial charge in [0.15, 0.2) is 5.11 Å². The molecule has 0 aliphatic carbocycles. The van der Waals surface area contributed by atoms with E-state index in [1.807, 2.05) is 30.3 Å². The molecule has 0 aliphatic heterocycles. The van der Waals surface area contributed by atoms with Crippen molar-refractivity contribution in [3.05, 3.63) is 70.8 Å². The van der Waals surface area contributed by atoms with Crippen LogP contribution in [0.4, 0.5) is 5.69 Å². The highest BCUT2D eigenvalue weighted by Crippen LogP contribution is 2.23. The number of hydrazine groups is 1. The summed E-state index contributed by atoms with van der Waals surface area (Å²) in [5, 5.41) is 5.59. The maximum Gasteiger partial charge on any atom is 0.250 e. The largest absolute Gasteiger partial charge is 0.326 e. The van der Waals surface area contributed by atoms with Gasteiger partial charge in [-0.05, 0) is 48.5 Å². The number of rotatable bonds is 6. The Balaban J connectivity index is 1.68. The predicted octanol–water partition coefficient (Wildman–Crippen LogP) is 3.10. The molecule has 2 aromatic carbocycles. The summed E-state index contributed by atoms with van der Waals surface area (Å²) >= 11 is 11.0. The third-order valence-electron chi connectivity index (χ3n) is 3.90. The lowest BCUT2D eigenvalue weighted by Gasteiger charge is -2.11. The van der Waals surface area contributed by atoms with Gasteiger partial charge in [0.05, 0.1) is 0 Å². The lowest BCUT2D eigenvalue weighted by Crippen LogP contribution is -2.48. The number of carbonyl (C=O) groups excluding carboxylic acids is 3. The first-order valence-electron chi connectivity index (χ1n) is 9.03. The van der Waals surface area contributed by atoms with Crippen LogP contribution < -0.4 is 21.5 Å². The Kier molecular flexibility index (Phi) is 8.99. The van der Waals surface area contributed by atoms with Gasteiger partial charge in [-0.1, -0.05) is 48.0 Å². The minimum absolute atomic E-state index is 0.0294. The first kappa shape index (κ1) is 23.1. The summed E-state index contributed by atoms with van der Waals surface area (Å²) in [6.07, 6.45) is 2.87. The van der Waals surface area contributed by atoms with E-state index >= 15 is 0 Å². The highest BCUT2D eigenvalue weighted by molar-refractivity contribution is 7.80. The van der Waals surface area contributed by atoms with Gasteiger partial charge in [-0.3, -0.25) is 30.6 Å². The zero-order valence-corrected chi connectivity index (χ0v) is 17.8. The maximum absolute atomic E-state index is 12.0. The van der Waals surface area contributed by atoms with E-state index in [-0.39, 0.29) is 23.9 Å². The fourth-order valence-electron chi connectivity index (χ4n) is 2.29. The van der Waals surface area contributed by atoms with E-state index in [0.29, 0.717) is 10.7 Å². The monoisotopic (exact) mass is 444 g/mol. The smallest absolute Gasteiger partial charge is 0.250 e. The molecule has 156 valence electrons. The molecule has 3 amide bonds. The van der Waals surface area contributed by atoms with Crippen LogP contribution in [0.5, 0.6) is 0 Å². The first-order chi connectivity index (χ1) is 14.3. The summed E-state index contributed by atoms with van der Waals surface area (Å²) in [4.78, 5) is 35.7. The lowest BCUT2D eigenvalue weighted by molar-refractivity contribution is -0.124. The molecule has 7 nitrogen and oxygen atoms in total. The molecule has 0 radical (unpaired) electrons. The van der Waals surface area contributed by atoms with Gasteiger partial charge < -0.3 is 5.32 Å². The molecule has 0 aromatic heterocycles. The third kappa shape index (κ3) is 8.02. The Morgan fingerprint density at radius 3 is 2.40 bits per heavy atom. The zero-order chi connectivity index (χ0) is 21.9. The Bertz CT molecular complexity index is 964. The Hall–Kier alpha value is -3.23. The van der Waals surface area contributed by atoms with Crippen LogP contribution in [0.2, 0.25) is 5.02 Å². The van der Waals surface area contributed by atoms with Crippen molar-refractivity contribution < 1.29 is 14.4 Å². The van der Waals surface area contributed by atoms with Gasteiger partial charge in [0, 0.05) is 29.6 Å². The maximum atomic E-state index is 12.0. The van der Waals surface area contributed by atoms with Crippen LogP contribution in [0, 0.1) is 6.92 Å². The summed E-state index contributed by atoms with van der Waals surface area (Å²) in [7, 11) is 0. The van der Waals surface area contributed by atoms with Crippen molar-refractivity contribution in [3.63, 3.8) is 0 Å². The Morgan fingerprint density at radius 2 is 1.67 bits per heavy atom. The van der Waals surface area contributed by atoms with Crippen LogP contribution in [0.15, 0.2) is 54.6 Å². The van der Waals surface area contributed by atoms with E-state index in [0.717, 1.165) is 11.1 Å². The van der Waals surface area contributed by atoms with Crippen molar-refractivity contribution in [1.29, 1.82) is 0 Å². The average molecular weight is 445 g/mol. The van der Waals surface area contributed by atoms with Crippen molar-refractivity contribution in [2.45, 2.75) is 19.8 Å². The van der Waals surface area contributed by atoms with E-state index in [9.17, 15) is 14.4 Å². The fourth-order valence-corrected chi connectivity index (χ4v) is 2.62. The topological polar surface area (TPSA) is 99.3 Å². The van der Waals surface area contributed by atoms with E-state index in [2.05, 4.69) is 21.5 Å². The fraction of sp³-hybridized carbons (Fsp3) is 0.143. The average Bonchev–Trinajstić information content (AvgIpc) is 2.73. The summed E-state index contributed by atoms with van der Waals surface area (Å²) < 4.78 is 0. The van der Waals surface area contributed by atoms with E-state index in [1.165, 1.54) is 6.08 Å². The molecular weight excluding hydrogens is 424 g/mol. The highest BCUT2D eigenvalue weighted by Gasteiger charge is 2.10. The molecule has 0 bridgehead atoms. The minimum Gasteiger partial charge on any atom is -0.326 e. The van der Waals surface area contributed by atoms with Crippen molar-refractivity contribution in [1.82, 2.24) is 16.2 Å². The van der Waals surface area contributed by atoms with E-state index in [4.69, 9.17) is 23.8 Å². The quantitative estimate of drug-likeness (QED) is 0.312. The summed E-state index contributed by atoms with van der Waals surface area (Å²) in [6, 6.07) is 14.5. The molecule has 0 saturated heterocycles. The van der Waals surface area contributed by atoms with Gasteiger partial charge in [0.25, 0.3) is 0 Å². The van der Waals surface area contributed by atoms with Gasteiger partial charge in [0.1, 0.15) is 0 Å². The van der Waals surface area contributed by atoms with Crippen LogP contribution in [0.3, 0.4) is 0 Å². The summed E-state index contributed by atoms with van der Waals surface area (Å²) in [5.41, 5.74) is 6.96. The second-order valence-corrected chi connectivity index (χ2v) is 7.01. The number of thiocarbonyl (C=S) groups is 1. The molecule has 0 saturated carbocycles. The second-order valence-electron chi connectivity index (χ2n) is 6.20. The van der Waals surface area contributed by atoms with Crippen molar-refractivity contribution >= 4 is 58.4 Å². The molecule has 9 heteroatoms. The van der Waals surface area contributed by atoms with Gasteiger partial charge in [-0.2, -0.15) is 0 Å². The van der Waals surface area contributed by atoms with Gasteiger partial charge in [0.2, 0.25) is 17.7 Å². The van der Waals surface area contributed by atoms with E-state index in [1.54, 1.807) is 31.2 Å². The van der Waals surface area contributed by atoms with Crippen LogP contribution in [0.1, 0.15) is 24.0 Å². The van der Waals surface area contributed by atoms with Gasteiger partial charge >= 0.3 is 0 Å². The molecule has 0 unspecified atom stereocenters. The van der Waals surface area contributed by atoms with Crippen molar-refractivity contribution in [2.75, 3.05) is 5.32 Å². The molecule has 0 fully saturated rings. The van der Waals surface area contributed by atoms with Crippen LogP contribution >= 0.6 is 23.8 Å². The molecular formula is C21H21ClN4O3S. The summed E-state index contributed by atoms with van der Waals surface area (Å²) in [6.45, 7) is 1.79. The highest BCUT2D eigenvalue weighted by atomic mass is 35.5. The summed E-state index contributed by atoms with van der Waals surface area (Å²) in [5.74, 6) is -1.22. The number of nitrogens with one attached hydrogen (secondary N) is 4. The molecule has 2 rings (SSSR count).